The van der Waals surface area contributed by atoms with E-state index in [-0.39, 0.29) is 35.8 Å². The van der Waals surface area contributed by atoms with Gasteiger partial charge >= 0.3 is 0 Å². The standard InChI is InChI=1S/C32H39FN4O2S/c1-22-5-2-3-6-24(22)20-36(21-29-7-4-18-40-29)28-16-17-37(32(39)23-8-10-25(33)11-9-23)30(19-28)31(38)35-27-14-12-26(34)13-15-27/h2-11,18,26-28,30H,12-17,19-21,34H2,1H3,(H,35,38)/t26?,27?,28?,30-/m1/s1. The Balaban J connectivity index is 1.39. The maximum atomic E-state index is 13.8. The Morgan fingerprint density at radius 1 is 1.00 bits per heavy atom. The molecule has 8 heteroatoms. The van der Waals surface area contributed by atoms with Crippen molar-refractivity contribution in [2.45, 2.75) is 82.7 Å². The van der Waals surface area contributed by atoms with Crippen LogP contribution in [0.5, 0.6) is 0 Å². The summed E-state index contributed by atoms with van der Waals surface area (Å²) in [6.07, 6.45) is 4.79. The van der Waals surface area contributed by atoms with Crippen LogP contribution in [0.3, 0.4) is 0 Å². The molecule has 40 heavy (non-hydrogen) atoms. The molecule has 1 saturated carbocycles. The summed E-state index contributed by atoms with van der Waals surface area (Å²) >= 11 is 1.74. The van der Waals surface area contributed by atoms with E-state index in [2.05, 4.69) is 58.9 Å². The number of nitrogens with zero attached hydrogens (tertiary/aromatic N) is 2. The molecule has 3 aromatic rings. The van der Waals surface area contributed by atoms with Gasteiger partial charge in [-0.05, 0) is 92.3 Å². The molecule has 2 fully saturated rings. The summed E-state index contributed by atoms with van der Waals surface area (Å²) in [7, 11) is 0. The fourth-order valence-electron chi connectivity index (χ4n) is 6.01. The highest BCUT2D eigenvalue weighted by Gasteiger charge is 2.39. The average Bonchev–Trinajstić information content (AvgIpc) is 3.48. The van der Waals surface area contributed by atoms with Crippen molar-refractivity contribution in [3.8, 4) is 0 Å². The van der Waals surface area contributed by atoms with Crippen LogP contribution in [-0.4, -0.2) is 52.3 Å². The van der Waals surface area contributed by atoms with Crippen molar-refractivity contribution in [1.82, 2.24) is 15.1 Å². The van der Waals surface area contributed by atoms with Crippen molar-refractivity contribution in [2.24, 2.45) is 5.73 Å². The van der Waals surface area contributed by atoms with E-state index < -0.39 is 6.04 Å². The molecule has 1 aliphatic carbocycles. The first-order valence-corrected chi connectivity index (χ1v) is 15.2. The molecule has 0 radical (unpaired) electrons. The number of thiophene rings is 1. The number of hydrogen-bond donors (Lipinski definition) is 2. The summed E-state index contributed by atoms with van der Waals surface area (Å²) in [5, 5.41) is 5.35. The Morgan fingerprint density at radius 3 is 2.45 bits per heavy atom. The van der Waals surface area contributed by atoms with Crippen LogP contribution in [0.2, 0.25) is 0 Å². The molecule has 0 spiro atoms. The van der Waals surface area contributed by atoms with Crippen molar-refractivity contribution in [2.75, 3.05) is 6.54 Å². The molecular formula is C32H39FN4O2S. The smallest absolute Gasteiger partial charge is 0.254 e. The molecule has 212 valence electrons. The lowest BCUT2D eigenvalue weighted by atomic mass is 9.90. The van der Waals surface area contributed by atoms with E-state index in [1.807, 2.05) is 0 Å². The topological polar surface area (TPSA) is 78.7 Å². The fourth-order valence-corrected chi connectivity index (χ4v) is 6.74. The van der Waals surface area contributed by atoms with Gasteiger partial charge in [0.2, 0.25) is 5.91 Å². The molecule has 2 aliphatic rings. The molecule has 2 atom stereocenters. The molecule has 3 N–H and O–H groups in total. The third-order valence-corrected chi connectivity index (χ3v) is 9.30. The number of halogens is 1. The molecule has 2 aromatic carbocycles. The van der Waals surface area contributed by atoms with Gasteiger partial charge < -0.3 is 16.0 Å². The van der Waals surface area contributed by atoms with E-state index in [9.17, 15) is 14.0 Å². The minimum Gasteiger partial charge on any atom is -0.352 e. The molecule has 1 saturated heterocycles. The molecule has 2 heterocycles. The van der Waals surface area contributed by atoms with Crippen LogP contribution in [0.1, 0.15) is 64.9 Å². The fraction of sp³-hybridized carbons (Fsp3) is 0.438. The number of amides is 2. The number of benzene rings is 2. The third kappa shape index (κ3) is 6.97. The maximum absolute atomic E-state index is 13.8. The second kappa shape index (κ2) is 13.1. The number of hydrogen-bond acceptors (Lipinski definition) is 5. The van der Waals surface area contributed by atoms with Crippen molar-refractivity contribution in [1.29, 1.82) is 0 Å². The van der Waals surface area contributed by atoms with E-state index in [1.165, 1.54) is 40.3 Å². The van der Waals surface area contributed by atoms with Crippen molar-refractivity contribution < 1.29 is 14.0 Å². The quantitative estimate of drug-likeness (QED) is 0.393. The van der Waals surface area contributed by atoms with E-state index in [0.717, 1.165) is 45.2 Å². The number of nitrogens with two attached hydrogens (primary N) is 1. The van der Waals surface area contributed by atoms with Crippen LogP contribution in [0, 0.1) is 12.7 Å². The van der Waals surface area contributed by atoms with Gasteiger partial charge in [-0.15, -0.1) is 11.3 Å². The van der Waals surface area contributed by atoms with Crippen LogP contribution in [0.15, 0.2) is 66.0 Å². The molecule has 0 bridgehead atoms. The molecular weight excluding hydrogens is 523 g/mol. The zero-order valence-corrected chi connectivity index (χ0v) is 23.9. The zero-order valence-electron chi connectivity index (χ0n) is 23.1. The molecule has 1 unspecified atom stereocenters. The van der Waals surface area contributed by atoms with Gasteiger partial charge in [0.1, 0.15) is 11.9 Å². The van der Waals surface area contributed by atoms with Crippen molar-refractivity contribution in [3.63, 3.8) is 0 Å². The van der Waals surface area contributed by atoms with Gasteiger partial charge in [0, 0.05) is 48.2 Å². The van der Waals surface area contributed by atoms with Crippen molar-refractivity contribution in [3.05, 3.63) is 93.4 Å². The SMILES string of the molecule is Cc1ccccc1CN(Cc1cccs1)C1CCN(C(=O)c2ccc(F)cc2)[C@@H](C(=O)NC2CCC(N)CC2)C1. The van der Waals surface area contributed by atoms with Crippen LogP contribution in [0.25, 0.3) is 0 Å². The molecule has 1 aromatic heterocycles. The van der Waals surface area contributed by atoms with Gasteiger partial charge in [0.05, 0.1) is 0 Å². The largest absolute Gasteiger partial charge is 0.352 e. The molecule has 5 rings (SSSR count). The minimum absolute atomic E-state index is 0.0737. The number of carbonyl (C=O) groups is 2. The summed E-state index contributed by atoms with van der Waals surface area (Å²) in [6, 6.07) is 18.0. The van der Waals surface area contributed by atoms with Crippen LogP contribution >= 0.6 is 11.3 Å². The highest BCUT2D eigenvalue weighted by molar-refractivity contribution is 7.09. The predicted octanol–water partition coefficient (Wildman–Crippen LogP) is 5.26. The third-order valence-electron chi connectivity index (χ3n) is 8.44. The monoisotopic (exact) mass is 562 g/mol. The first-order chi connectivity index (χ1) is 19.4. The van der Waals surface area contributed by atoms with Crippen LogP contribution in [0.4, 0.5) is 4.39 Å². The Hall–Kier alpha value is -3.07. The summed E-state index contributed by atoms with van der Waals surface area (Å²) in [4.78, 5) is 32.9. The number of nitrogens with one attached hydrogen (secondary N) is 1. The Morgan fingerprint density at radius 2 is 1.75 bits per heavy atom. The zero-order chi connectivity index (χ0) is 28.1. The maximum Gasteiger partial charge on any atom is 0.254 e. The predicted molar refractivity (Wildman–Crippen MR) is 157 cm³/mol. The first kappa shape index (κ1) is 28.5. The summed E-state index contributed by atoms with van der Waals surface area (Å²) in [5.74, 6) is -0.721. The highest BCUT2D eigenvalue weighted by atomic mass is 32.1. The van der Waals surface area contributed by atoms with Crippen molar-refractivity contribution >= 4 is 23.2 Å². The minimum atomic E-state index is -0.602. The number of rotatable bonds is 8. The molecule has 2 amide bonds. The number of likely N-dealkylation sites (tertiary alicyclic amines) is 1. The van der Waals surface area contributed by atoms with E-state index in [4.69, 9.17) is 5.73 Å². The van der Waals surface area contributed by atoms with Gasteiger partial charge in [0.25, 0.3) is 5.91 Å². The van der Waals surface area contributed by atoms with Gasteiger partial charge in [-0.2, -0.15) is 0 Å². The summed E-state index contributed by atoms with van der Waals surface area (Å²) in [5.41, 5.74) is 9.00. The van der Waals surface area contributed by atoms with E-state index in [0.29, 0.717) is 18.5 Å². The normalized spacial score (nSPS) is 23.2. The lowest BCUT2D eigenvalue weighted by molar-refractivity contribution is -0.128. The van der Waals surface area contributed by atoms with Gasteiger partial charge in [-0.1, -0.05) is 30.3 Å². The molecule has 1 aliphatic heterocycles. The van der Waals surface area contributed by atoms with Gasteiger partial charge in [0.15, 0.2) is 0 Å². The van der Waals surface area contributed by atoms with Gasteiger partial charge in [-0.25, -0.2) is 4.39 Å². The summed E-state index contributed by atoms with van der Waals surface area (Å²) < 4.78 is 13.6. The number of aryl methyl sites for hydroxylation is 1. The second-order valence-electron chi connectivity index (χ2n) is 11.2. The second-order valence-corrected chi connectivity index (χ2v) is 12.3. The Labute approximate surface area is 240 Å². The average molecular weight is 563 g/mol. The highest BCUT2D eigenvalue weighted by Crippen LogP contribution is 2.29. The Bertz CT molecular complexity index is 1270. The number of piperidine rings is 1. The number of carbonyl (C=O) groups excluding carboxylic acids is 2. The van der Waals surface area contributed by atoms with E-state index >= 15 is 0 Å². The van der Waals surface area contributed by atoms with Crippen LogP contribution < -0.4 is 11.1 Å². The van der Waals surface area contributed by atoms with Gasteiger partial charge in [-0.3, -0.25) is 14.5 Å². The lowest BCUT2D eigenvalue weighted by Gasteiger charge is -2.43. The van der Waals surface area contributed by atoms with Crippen LogP contribution in [-0.2, 0) is 17.9 Å². The van der Waals surface area contributed by atoms with E-state index in [1.54, 1.807) is 16.2 Å². The molecule has 6 nitrogen and oxygen atoms in total. The summed E-state index contributed by atoms with van der Waals surface area (Å²) in [6.45, 7) is 4.16. The lowest BCUT2D eigenvalue weighted by Crippen LogP contribution is -2.58. The first-order valence-electron chi connectivity index (χ1n) is 14.3. The Kier molecular flexibility index (Phi) is 9.29.